The van der Waals surface area contributed by atoms with Crippen LogP contribution in [0.25, 0.3) is 0 Å². The predicted molar refractivity (Wildman–Crippen MR) is 147 cm³/mol. The van der Waals surface area contributed by atoms with Gasteiger partial charge < -0.3 is 26.8 Å². The van der Waals surface area contributed by atoms with E-state index >= 15 is 0 Å². The van der Waals surface area contributed by atoms with E-state index in [9.17, 15) is 24.3 Å². The van der Waals surface area contributed by atoms with Crippen LogP contribution >= 0.6 is 0 Å². The van der Waals surface area contributed by atoms with Crippen LogP contribution in [0.3, 0.4) is 0 Å². The van der Waals surface area contributed by atoms with Crippen molar-refractivity contribution in [1.82, 2.24) is 20.9 Å². The summed E-state index contributed by atoms with van der Waals surface area (Å²) in [5, 5.41) is 20.2. The minimum Gasteiger partial charge on any atom is -0.376 e. The summed E-state index contributed by atoms with van der Waals surface area (Å²) in [4.78, 5) is 52.6. The van der Waals surface area contributed by atoms with E-state index in [1.54, 1.807) is 4.90 Å². The van der Waals surface area contributed by atoms with E-state index in [0.29, 0.717) is 6.42 Å². The van der Waals surface area contributed by atoms with E-state index in [0.717, 1.165) is 24.8 Å². The SMILES string of the molecule is C=C1CN(C(O)[C@@H](NC(=O)NC(C)(C)C)C(C)(C)C)[C@H](C(=O)NC(CC2CCC2)C(=O)C(N)=O)C1C(C)C. The van der Waals surface area contributed by atoms with Crippen LogP contribution in [0.1, 0.15) is 81.1 Å². The quantitative estimate of drug-likeness (QED) is 0.213. The molecule has 0 aromatic rings. The monoisotopic (exact) mass is 535 g/mol. The number of likely N-dealkylation sites (tertiary alicyclic amines) is 1. The second-order valence-corrected chi connectivity index (χ2v) is 13.5. The van der Waals surface area contributed by atoms with Gasteiger partial charge >= 0.3 is 6.03 Å². The largest absolute Gasteiger partial charge is 0.376 e. The Kier molecular flexibility index (Phi) is 10.2. The second-order valence-electron chi connectivity index (χ2n) is 13.5. The van der Waals surface area contributed by atoms with Crippen molar-refractivity contribution < 1.29 is 24.3 Å². The number of carbonyl (C=O) groups is 4. The average Bonchev–Trinajstić information content (AvgIpc) is 3.07. The molecule has 1 aliphatic carbocycles. The number of hydrogen-bond acceptors (Lipinski definition) is 6. The van der Waals surface area contributed by atoms with Crippen molar-refractivity contribution in [1.29, 1.82) is 0 Å². The lowest BCUT2D eigenvalue weighted by Crippen LogP contribution is -2.63. The maximum Gasteiger partial charge on any atom is 0.315 e. The Bertz CT molecular complexity index is 916. The highest BCUT2D eigenvalue weighted by atomic mass is 16.3. The standard InChI is InChI=1S/C28H49N5O5/c1-15(2)19-16(3)14-33(25(37)22(27(4,5)6)31-26(38)32-28(7,8)9)20(19)24(36)30-18(21(34)23(29)35)13-17-11-10-12-17/h15,17-20,22,25,37H,3,10-14H2,1-2,4-9H3,(H2,29,35)(H,30,36)(H2,31,32,38)/t18?,19?,20-,22+,25?/m0/s1. The molecule has 0 spiro atoms. The Hall–Kier alpha value is -2.46. The van der Waals surface area contributed by atoms with E-state index < -0.39 is 58.9 Å². The third-order valence-electron chi connectivity index (χ3n) is 7.56. The molecule has 2 aliphatic rings. The predicted octanol–water partition coefficient (Wildman–Crippen LogP) is 2.06. The number of aliphatic hydroxyl groups excluding tert-OH is 1. The van der Waals surface area contributed by atoms with Crippen LogP contribution in [0.4, 0.5) is 4.79 Å². The second kappa shape index (κ2) is 12.2. The topological polar surface area (TPSA) is 154 Å². The van der Waals surface area contributed by atoms with Crippen molar-refractivity contribution in [2.75, 3.05) is 6.54 Å². The molecule has 10 heteroatoms. The number of amides is 4. The molecule has 1 aliphatic heterocycles. The van der Waals surface area contributed by atoms with Crippen molar-refractivity contribution in [2.45, 2.75) is 111 Å². The molecule has 1 heterocycles. The number of aliphatic hydroxyl groups is 1. The van der Waals surface area contributed by atoms with Gasteiger partial charge in [0.15, 0.2) is 0 Å². The average molecular weight is 536 g/mol. The zero-order valence-electron chi connectivity index (χ0n) is 24.4. The molecular weight excluding hydrogens is 486 g/mol. The molecule has 0 radical (unpaired) electrons. The van der Waals surface area contributed by atoms with Crippen LogP contribution in [0.5, 0.6) is 0 Å². The van der Waals surface area contributed by atoms with Crippen LogP contribution in [-0.4, -0.2) is 70.1 Å². The van der Waals surface area contributed by atoms with Crippen LogP contribution in [0.2, 0.25) is 0 Å². The molecule has 10 nitrogen and oxygen atoms in total. The van der Waals surface area contributed by atoms with Crippen LogP contribution < -0.4 is 21.7 Å². The van der Waals surface area contributed by atoms with Crippen LogP contribution in [-0.2, 0) is 14.4 Å². The fourth-order valence-electron chi connectivity index (χ4n) is 5.45. The number of ketones is 1. The number of primary amides is 1. The first-order valence-electron chi connectivity index (χ1n) is 13.7. The van der Waals surface area contributed by atoms with Gasteiger partial charge in [-0.2, -0.15) is 0 Å². The van der Waals surface area contributed by atoms with Gasteiger partial charge in [-0.3, -0.25) is 19.3 Å². The highest BCUT2D eigenvalue weighted by molar-refractivity contribution is 6.37. The zero-order valence-corrected chi connectivity index (χ0v) is 24.4. The van der Waals surface area contributed by atoms with E-state index in [4.69, 9.17) is 5.73 Å². The van der Waals surface area contributed by atoms with Crippen LogP contribution in [0.15, 0.2) is 12.2 Å². The first kappa shape index (κ1) is 31.8. The highest BCUT2D eigenvalue weighted by Gasteiger charge is 2.49. The summed E-state index contributed by atoms with van der Waals surface area (Å²) in [6.45, 7) is 19.7. The number of Topliss-reactive ketones (excluding diaryl/α,β-unsaturated/α-hetero) is 1. The third-order valence-corrected chi connectivity index (χ3v) is 7.56. The molecule has 1 saturated heterocycles. The molecule has 5 atom stereocenters. The van der Waals surface area contributed by atoms with Crippen molar-refractivity contribution in [3.63, 3.8) is 0 Å². The molecule has 6 N–H and O–H groups in total. The van der Waals surface area contributed by atoms with Crippen LogP contribution in [0, 0.1) is 23.2 Å². The molecule has 0 aromatic carbocycles. The Morgan fingerprint density at radius 1 is 1.08 bits per heavy atom. The first-order valence-corrected chi connectivity index (χ1v) is 13.7. The first-order chi connectivity index (χ1) is 17.3. The summed E-state index contributed by atoms with van der Waals surface area (Å²) in [7, 11) is 0. The molecular formula is C28H49N5O5. The minimum absolute atomic E-state index is 0.0117. The maximum absolute atomic E-state index is 13.8. The normalized spacial score (nSPS) is 23.4. The Balaban J connectivity index is 2.37. The van der Waals surface area contributed by atoms with Crippen molar-refractivity contribution in [2.24, 2.45) is 28.9 Å². The highest BCUT2D eigenvalue weighted by Crippen LogP contribution is 2.38. The van der Waals surface area contributed by atoms with Gasteiger partial charge in [0, 0.05) is 18.0 Å². The fourth-order valence-corrected chi connectivity index (χ4v) is 5.45. The van der Waals surface area contributed by atoms with Gasteiger partial charge in [0.25, 0.3) is 5.91 Å². The molecule has 1 saturated carbocycles. The Labute approximate surface area is 227 Å². The minimum atomic E-state index is -1.23. The number of nitrogens with two attached hydrogens (primary N) is 1. The molecule has 2 fully saturated rings. The molecule has 0 bridgehead atoms. The summed E-state index contributed by atoms with van der Waals surface area (Å²) in [6, 6.07) is -3.03. The fraction of sp³-hybridized carbons (Fsp3) is 0.786. The van der Waals surface area contributed by atoms with Gasteiger partial charge in [-0.05, 0) is 44.4 Å². The number of nitrogens with one attached hydrogen (secondary N) is 3. The molecule has 3 unspecified atom stereocenters. The number of carbonyl (C=O) groups excluding carboxylic acids is 4. The maximum atomic E-state index is 13.8. The smallest absolute Gasteiger partial charge is 0.315 e. The van der Waals surface area contributed by atoms with Gasteiger partial charge in [-0.1, -0.05) is 66.0 Å². The van der Waals surface area contributed by atoms with Crippen molar-refractivity contribution in [3.05, 3.63) is 12.2 Å². The number of hydrogen-bond donors (Lipinski definition) is 5. The van der Waals surface area contributed by atoms with Gasteiger partial charge in [-0.25, -0.2) is 4.79 Å². The molecule has 2 rings (SSSR count). The number of rotatable bonds is 10. The van der Waals surface area contributed by atoms with Gasteiger partial charge in [0.05, 0.1) is 18.1 Å². The summed E-state index contributed by atoms with van der Waals surface area (Å²) in [6.07, 6.45) is 2.06. The summed E-state index contributed by atoms with van der Waals surface area (Å²) in [5.41, 5.74) is 5.03. The summed E-state index contributed by atoms with van der Waals surface area (Å²) in [5.74, 6) is -2.40. The van der Waals surface area contributed by atoms with E-state index in [1.165, 1.54) is 0 Å². The summed E-state index contributed by atoms with van der Waals surface area (Å²) < 4.78 is 0. The number of urea groups is 1. The van der Waals surface area contributed by atoms with Gasteiger partial charge in [0.2, 0.25) is 11.7 Å². The zero-order chi connectivity index (χ0) is 29.2. The lowest BCUT2D eigenvalue weighted by Gasteiger charge is -2.42. The van der Waals surface area contributed by atoms with Gasteiger partial charge in [0.1, 0.15) is 6.23 Å². The lowest BCUT2D eigenvalue weighted by atomic mass is 9.79. The summed E-state index contributed by atoms with van der Waals surface area (Å²) >= 11 is 0. The van der Waals surface area contributed by atoms with E-state index in [2.05, 4.69) is 22.5 Å². The van der Waals surface area contributed by atoms with Crippen molar-refractivity contribution in [3.8, 4) is 0 Å². The van der Waals surface area contributed by atoms with E-state index in [1.807, 2.05) is 55.4 Å². The van der Waals surface area contributed by atoms with Crippen molar-refractivity contribution >= 4 is 23.6 Å². The molecule has 4 amide bonds. The lowest BCUT2D eigenvalue weighted by molar-refractivity contribution is -0.141. The molecule has 0 aromatic heterocycles. The number of nitrogens with zero attached hydrogens (tertiary/aromatic N) is 1. The van der Waals surface area contributed by atoms with Gasteiger partial charge in [-0.15, -0.1) is 0 Å². The Morgan fingerprint density at radius 2 is 1.66 bits per heavy atom. The third kappa shape index (κ3) is 8.02. The van der Waals surface area contributed by atoms with E-state index in [-0.39, 0.29) is 24.3 Å². The molecule has 216 valence electrons. The molecule has 38 heavy (non-hydrogen) atoms. The Morgan fingerprint density at radius 3 is 2.08 bits per heavy atom.